The van der Waals surface area contributed by atoms with Crippen LogP contribution in [0.15, 0.2) is 64.3 Å². The number of hydrogen-bond acceptors (Lipinski definition) is 7. The molecule has 0 spiro atoms. The van der Waals surface area contributed by atoms with Gasteiger partial charge in [-0.3, -0.25) is 4.79 Å². The lowest BCUT2D eigenvalue weighted by Gasteiger charge is -2.13. The van der Waals surface area contributed by atoms with E-state index in [1.165, 1.54) is 12.1 Å². The van der Waals surface area contributed by atoms with Gasteiger partial charge in [-0.15, -0.1) is 0 Å². The molecule has 0 atom stereocenters. The minimum Gasteiger partial charge on any atom is -0.461 e. The van der Waals surface area contributed by atoms with Crippen LogP contribution in [0, 0.1) is 10.5 Å². The van der Waals surface area contributed by atoms with E-state index in [1.54, 1.807) is 50.2 Å². The molecular weight excluding hydrogens is 523 g/mol. The van der Waals surface area contributed by atoms with Gasteiger partial charge in [-0.2, -0.15) is 18.2 Å². The second-order valence-electron chi connectivity index (χ2n) is 6.11. The van der Waals surface area contributed by atoms with Crippen LogP contribution in [0.2, 0.25) is 0 Å². The molecule has 30 heavy (non-hydrogen) atoms. The molecule has 0 saturated heterocycles. The highest BCUT2D eigenvalue weighted by Gasteiger charge is 2.25. The van der Waals surface area contributed by atoms with Gasteiger partial charge in [0.1, 0.15) is 4.90 Å². The number of hydrogen-bond donors (Lipinski definition) is 0. The normalized spacial score (nSPS) is 11.2. The summed E-state index contributed by atoms with van der Waals surface area (Å²) < 4.78 is 37.2. The lowest BCUT2D eigenvalue weighted by atomic mass is 10.2. The first-order valence-corrected chi connectivity index (χ1v) is 11.3. The highest BCUT2D eigenvalue weighted by molar-refractivity contribution is 14.1. The molecule has 10 heteroatoms. The van der Waals surface area contributed by atoms with E-state index >= 15 is 0 Å². The van der Waals surface area contributed by atoms with E-state index in [0.29, 0.717) is 5.69 Å². The van der Waals surface area contributed by atoms with Crippen LogP contribution in [0.25, 0.3) is 5.69 Å². The summed E-state index contributed by atoms with van der Waals surface area (Å²) in [4.78, 5) is 25.0. The van der Waals surface area contributed by atoms with Gasteiger partial charge in [-0.05, 0) is 72.3 Å². The number of nitrogens with zero attached hydrogens (tertiary/aromatic N) is 2. The second-order valence-corrected chi connectivity index (χ2v) is 8.90. The number of aromatic nitrogens is 2. The fraction of sp³-hybridized carbons (Fsp3) is 0.150. The standard InChI is InChI=1S/C20H17IN2O6S/c1-3-28-20(25)19-17(29-30(26,27)15-10-8-14(21)9-11-15)12-18(24)23(22-19)16-7-5-4-6-13(16)2/h4-12H,3H2,1-2H3. The molecular formula is C20H17IN2O6S. The van der Waals surface area contributed by atoms with Gasteiger partial charge >= 0.3 is 16.1 Å². The Morgan fingerprint density at radius 2 is 1.80 bits per heavy atom. The van der Waals surface area contributed by atoms with Crippen molar-refractivity contribution < 1.29 is 22.1 Å². The van der Waals surface area contributed by atoms with Crippen LogP contribution in [0.5, 0.6) is 5.75 Å². The number of benzene rings is 2. The Balaban J connectivity index is 2.13. The van der Waals surface area contributed by atoms with E-state index in [4.69, 9.17) is 8.92 Å². The van der Waals surface area contributed by atoms with Crippen LogP contribution in [-0.4, -0.2) is 30.8 Å². The molecule has 0 N–H and O–H groups in total. The largest absolute Gasteiger partial charge is 0.461 e. The van der Waals surface area contributed by atoms with Crippen molar-refractivity contribution in [3.63, 3.8) is 0 Å². The number of aryl methyl sites for hydroxylation is 1. The Labute approximate surface area is 186 Å². The number of rotatable bonds is 6. The third kappa shape index (κ3) is 4.70. The average Bonchev–Trinajstić information content (AvgIpc) is 2.69. The molecule has 156 valence electrons. The van der Waals surface area contributed by atoms with Gasteiger partial charge in [0.05, 0.1) is 18.4 Å². The Hall–Kier alpha value is -2.73. The topological polar surface area (TPSA) is 105 Å². The fourth-order valence-corrected chi connectivity index (χ4v) is 3.87. The molecule has 0 saturated carbocycles. The van der Waals surface area contributed by atoms with E-state index < -0.39 is 33.1 Å². The fourth-order valence-electron chi connectivity index (χ4n) is 2.59. The second kappa shape index (κ2) is 8.96. The Bertz CT molecular complexity index is 1250. The van der Waals surface area contributed by atoms with Crippen LogP contribution in [0.1, 0.15) is 23.0 Å². The highest BCUT2D eigenvalue weighted by atomic mass is 127. The smallest absolute Gasteiger partial charge is 0.362 e. The summed E-state index contributed by atoms with van der Waals surface area (Å²) in [5, 5.41) is 4.05. The van der Waals surface area contributed by atoms with Crippen molar-refractivity contribution in [2.75, 3.05) is 6.61 Å². The van der Waals surface area contributed by atoms with Crippen molar-refractivity contribution in [2.24, 2.45) is 0 Å². The van der Waals surface area contributed by atoms with Crippen LogP contribution in [0.4, 0.5) is 0 Å². The molecule has 0 radical (unpaired) electrons. The van der Waals surface area contributed by atoms with E-state index in [0.717, 1.165) is 19.9 Å². The van der Waals surface area contributed by atoms with Crippen molar-refractivity contribution in [1.29, 1.82) is 0 Å². The number of carbonyl (C=O) groups excluding carboxylic acids is 1. The zero-order valence-electron chi connectivity index (χ0n) is 16.0. The quantitative estimate of drug-likeness (QED) is 0.269. The minimum absolute atomic E-state index is 0.0350. The van der Waals surface area contributed by atoms with E-state index in [1.807, 2.05) is 22.6 Å². The summed E-state index contributed by atoms with van der Waals surface area (Å²) in [7, 11) is -4.30. The van der Waals surface area contributed by atoms with Crippen molar-refractivity contribution in [3.8, 4) is 11.4 Å². The van der Waals surface area contributed by atoms with Gasteiger partial charge in [0.25, 0.3) is 5.56 Å². The summed E-state index contributed by atoms with van der Waals surface area (Å²) in [6.07, 6.45) is 0. The summed E-state index contributed by atoms with van der Waals surface area (Å²) in [5.74, 6) is -1.41. The van der Waals surface area contributed by atoms with Crippen LogP contribution < -0.4 is 9.74 Å². The predicted molar refractivity (Wildman–Crippen MR) is 118 cm³/mol. The summed E-state index contributed by atoms with van der Waals surface area (Å²) >= 11 is 2.04. The van der Waals surface area contributed by atoms with Crippen molar-refractivity contribution in [2.45, 2.75) is 18.7 Å². The van der Waals surface area contributed by atoms with Gasteiger partial charge < -0.3 is 8.92 Å². The minimum atomic E-state index is -4.30. The molecule has 0 unspecified atom stereocenters. The van der Waals surface area contributed by atoms with Gasteiger partial charge in [0.15, 0.2) is 5.75 Å². The van der Waals surface area contributed by atoms with E-state index in [-0.39, 0.29) is 11.5 Å². The molecule has 0 aliphatic heterocycles. The summed E-state index contributed by atoms with van der Waals surface area (Å²) in [6.45, 7) is 3.41. The third-order valence-electron chi connectivity index (χ3n) is 4.01. The lowest BCUT2D eigenvalue weighted by Crippen LogP contribution is -2.26. The molecule has 1 heterocycles. The molecule has 0 aliphatic carbocycles. The first kappa shape index (κ1) is 22.0. The Morgan fingerprint density at radius 3 is 2.43 bits per heavy atom. The van der Waals surface area contributed by atoms with E-state index in [9.17, 15) is 18.0 Å². The third-order valence-corrected chi connectivity index (χ3v) is 5.98. The molecule has 1 aromatic heterocycles. The summed E-state index contributed by atoms with van der Waals surface area (Å²) in [6, 6.07) is 13.8. The Kier molecular flexibility index (Phi) is 6.56. The summed E-state index contributed by atoms with van der Waals surface area (Å²) in [5.41, 5.74) is 0.0983. The van der Waals surface area contributed by atoms with Gasteiger partial charge in [0, 0.05) is 3.57 Å². The number of carbonyl (C=O) groups is 1. The van der Waals surface area contributed by atoms with Gasteiger partial charge in [-0.1, -0.05) is 18.2 Å². The molecule has 8 nitrogen and oxygen atoms in total. The van der Waals surface area contributed by atoms with Crippen LogP contribution >= 0.6 is 22.6 Å². The molecule has 0 amide bonds. The first-order valence-electron chi connectivity index (χ1n) is 8.80. The van der Waals surface area contributed by atoms with Crippen molar-refractivity contribution in [1.82, 2.24) is 9.78 Å². The molecule has 0 bridgehead atoms. The molecule has 2 aromatic carbocycles. The zero-order chi connectivity index (χ0) is 21.9. The van der Waals surface area contributed by atoms with Crippen LogP contribution in [-0.2, 0) is 14.9 Å². The SMILES string of the molecule is CCOC(=O)c1nn(-c2ccccc2C)c(=O)cc1OS(=O)(=O)c1ccc(I)cc1. The molecule has 0 aliphatic rings. The number of esters is 1. The molecule has 3 aromatic rings. The highest BCUT2D eigenvalue weighted by Crippen LogP contribution is 2.23. The number of para-hydroxylation sites is 1. The maximum atomic E-state index is 12.7. The predicted octanol–water partition coefficient (Wildman–Crippen LogP) is 3.09. The van der Waals surface area contributed by atoms with E-state index in [2.05, 4.69) is 5.10 Å². The number of halogens is 1. The Morgan fingerprint density at radius 1 is 1.13 bits per heavy atom. The maximum absolute atomic E-state index is 12.7. The van der Waals surface area contributed by atoms with Gasteiger partial charge in [0.2, 0.25) is 5.69 Å². The molecule has 3 rings (SSSR count). The van der Waals surface area contributed by atoms with Crippen LogP contribution in [0.3, 0.4) is 0 Å². The molecule has 0 fully saturated rings. The maximum Gasteiger partial charge on any atom is 0.362 e. The average molecular weight is 540 g/mol. The zero-order valence-corrected chi connectivity index (χ0v) is 19.0. The first-order chi connectivity index (χ1) is 14.2. The van der Waals surface area contributed by atoms with Gasteiger partial charge in [-0.25, -0.2) is 4.79 Å². The number of ether oxygens (including phenoxy) is 1. The monoisotopic (exact) mass is 540 g/mol. The van der Waals surface area contributed by atoms with Crippen molar-refractivity contribution >= 4 is 38.7 Å². The lowest BCUT2D eigenvalue weighted by molar-refractivity contribution is 0.0515. The van der Waals surface area contributed by atoms with Crippen molar-refractivity contribution in [3.05, 3.63) is 79.8 Å².